The molecule has 0 unspecified atom stereocenters. The van der Waals surface area contributed by atoms with E-state index in [1.807, 2.05) is 56.3 Å². The van der Waals surface area contributed by atoms with E-state index in [0.717, 1.165) is 22.2 Å². The van der Waals surface area contributed by atoms with Crippen LogP contribution in [0.4, 0.5) is 5.13 Å². The summed E-state index contributed by atoms with van der Waals surface area (Å²) >= 11 is 1.35. The van der Waals surface area contributed by atoms with E-state index >= 15 is 0 Å². The lowest BCUT2D eigenvalue weighted by Crippen LogP contribution is -2.35. The van der Waals surface area contributed by atoms with E-state index in [1.54, 1.807) is 11.6 Å². The number of phenolic OH excluding ortho intramolecular Hbond substituents is 1. The van der Waals surface area contributed by atoms with Gasteiger partial charge in [-0.25, -0.2) is 4.98 Å². The van der Waals surface area contributed by atoms with Gasteiger partial charge in [-0.2, -0.15) is 0 Å². The first kappa shape index (κ1) is 20.0. The first-order chi connectivity index (χ1) is 15.5. The maximum Gasteiger partial charge on any atom is 0.289 e. The van der Waals surface area contributed by atoms with Crippen molar-refractivity contribution in [1.82, 2.24) is 15.2 Å². The summed E-state index contributed by atoms with van der Waals surface area (Å²) in [6, 6.07) is 13.3. The third-order valence-electron chi connectivity index (χ3n) is 5.35. The number of pyridine rings is 1. The van der Waals surface area contributed by atoms with Gasteiger partial charge < -0.3 is 20.1 Å². The van der Waals surface area contributed by atoms with E-state index in [-0.39, 0.29) is 11.4 Å². The lowest BCUT2D eigenvalue weighted by atomic mass is 10.1. The minimum Gasteiger partial charge on any atom is -0.539 e. The molecule has 9 heteroatoms. The van der Waals surface area contributed by atoms with Crippen LogP contribution in [0.2, 0.25) is 0 Å². The summed E-state index contributed by atoms with van der Waals surface area (Å²) in [5.74, 6) is -0.417. The molecule has 0 amide bonds. The summed E-state index contributed by atoms with van der Waals surface area (Å²) < 4.78 is 6.40. The van der Waals surface area contributed by atoms with E-state index in [1.165, 1.54) is 16.0 Å². The monoisotopic (exact) mass is 445 g/mol. The number of aromatic hydroxyl groups is 1. The second-order valence-electron chi connectivity index (χ2n) is 7.43. The lowest BCUT2D eigenvalue weighted by molar-refractivity contribution is -0.660. The van der Waals surface area contributed by atoms with Crippen LogP contribution in [0.25, 0.3) is 28.0 Å². The Morgan fingerprint density at radius 3 is 2.88 bits per heavy atom. The van der Waals surface area contributed by atoms with Crippen molar-refractivity contribution in [3.63, 3.8) is 0 Å². The second kappa shape index (κ2) is 7.93. The molecule has 0 fully saturated rings. The topological polar surface area (TPSA) is 111 Å². The average molecular weight is 446 g/mol. The molecule has 8 nitrogen and oxygen atoms in total. The highest BCUT2D eigenvalue weighted by Crippen LogP contribution is 2.30. The number of thiazole rings is 1. The van der Waals surface area contributed by atoms with Crippen molar-refractivity contribution < 1.29 is 19.4 Å². The minimum atomic E-state index is -0.557. The van der Waals surface area contributed by atoms with Gasteiger partial charge in [-0.3, -0.25) is 4.98 Å². The molecule has 0 saturated carbocycles. The van der Waals surface area contributed by atoms with Crippen molar-refractivity contribution in [3.05, 3.63) is 70.7 Å². The van der Waals surface area contributed by atoms with Crippen molar-refractivity contribution in [2.45, 2.75) is 20.4 Å². The van der Waals surface area contributed by atoms with Gasteiger partial charge in [-0.1, -0.05) is 24.3 Å². The Hall–Kier alpha value is -3.98. The van der Waals surface area contributed by atoms with E-state index in [9.17, 15) is 10.2 Å². The molecule has 2 N–H and O–H groups in total. The van der Waals surface area contributed by atoms with Crippen LogP contribution in [-0.4, -0.2) is 20.3 Å². The highest BCUT2D eigenvalue weighted by atomic mass is 32.1. The molecule has 5 rings (SSSR count). The summed E-state index contributed by atoms with van der Waals surface area (Å²) in [5.41, 5.74) is 4.94. The number of fused-ring (bicyclic) bond motifs is 1. The Labute approximate surface area is 187 Å². The number of benzene rings is 2. The molecule has 0 radical (unpaired) electrons. The summed E-state index contributed by atoms with van der Waals surface area (Å²) in [5, 5.41) is 33.3. The first-order valence-electron chi connectivity index (χ1n) is 9.93. The third-order valence-corrected chi connectivity index (χ3v) is 6.15. The van der Waals surface area contributed by atoms with Crippen LogP contribution < -0.4 is 15.1 Å². The quantitative estimate of drug-likeness (QED) is 0.397. The third kappa shape index (κ3) is 3.52. The Morgan fingerprint density at radius 2 is 2.03 bits per heavy atom. The molecule has 0 bridgehead atoms. The molecular weight excluding hydrogens is 426 g/mol. The maximum atomic E-state index is 12.4. The van der Waals surface area contributed by atoms with Crippen LogP contribution >= 0.6 is 11.3 Å². The maximum absolute atomic E-state index is 12.4. The Kier molecular flexibility index (Phi) is 4.95. The molecular formula is C23H19N5O3S. The molecule has 2 aromatic carbocycles. The molecule has 0 aliphatic rings. The van der Waals surface area contributed by atoms with Gasteiger partial charge in [-0.05, 0) is 35.7 Å². The largest absolute Gasteiger partial charge is 0.539 e. The smallest absolute Gasteiger partial charge is 0.289 e. The Morgan fingerprint density at radius 1 is 1.16 bits per heavy atom. The number of hydrogen-bond donors (Lipinski definition) is 2. The molecule has 32 heavy (non-hydrogen) atoms. The Bertz CT molecular complexity index is 1440. The van der Waals surface area contributed by atoms with Gasteiger partial charge >= 0.3 is 0 Å². The zero-order valence-electron chi connectivity index (χ0n) is 17.4. The van der Waals surface area contributed by atoms with Crippen molar-refractivity contribution in [2.24, 2.45) is 0 Å². The number of nitrogens with one attached hydrogen (secondary N) is 1. The zero-order valence-corrected chi connectivity index (χ0v) is 18.2. The highest BCUT2D eigenvalue weighted by Gasteiger charge is 2.25. The van der Waals surface area contributed by atoms with Crippen molar-refractivity contribution in [3.8, 4) is 28.8 Å². The fourth-order valence-corrected chi connectivity index (χ4v) is 4.14. The Balaban J connectivity index is 1.41. The molecule has 160 valence electrons. The number of aromatic nitrogens is 4. The van der Waals surface area contributed by atoms with Gasteiger partial charge in [0, 0.05) is 41.2 Å². The fraction of sp³-hybridized carbons (Fsp3) is 0.130. The van der Waals surface area contributed by atoms with Crippen molar-refractivity contribution in [1.29, 1.82) is 0 Å². The molecule has 0 aliphatic carbocycles. The molecule has 3 heterocycles. The van der Waals surface area contributed by atoms with Crippen LogP contribution in [0.5, 0.6) is 11.7 Å². The normalized spacial score (nSPS) is 11.2. The fourth-order valence-electron chi connectivity index (χ4n) is 3.44. The van der Waals surface area contributed by atoms with E-state index in [4.69, 9.17) is 4.52 Å². The summed E-state index contributed by atoms with van der Waals surface area (Å²) in [4.78, 5) is 8.78. The van der Waals surface area contributed by atoms with Crippen LogP contribution in [0.15, 0.2) is 58.6 Å². The molecule has 0 saturated heterocycles. The number of aryl methyl sites for hydroxylation is 2. The lowest BCUT2D eigenvalue weighted by Gasteiger charge is -2.07. The highest BCUT2D eigenvalue weighted by molar-refractivity contribution is 7.14. The van der Waals surface area contributed by atoms with Crippen LogP contribution in [0.1, 0.15) is 16.7 Å². The van der Waals surface area contributed by atoms with Gasteiger partial charge in [-0.15, -0.1) is 11.3 Å². The van der Waals surface area contributed by atoms with Gasteiger partial charge in [0.05, 0.1) is 5.27 Å². The summed E-state index contributed by atoms with van der Waals surface area (Å²) in [6.07, 6.45) is 1.65. The summed E-state index contributed by atoms with van der Waals surface area (Å²) in [7, 11) is 0. The van der Waals surface area contributed by atoms with Crippen LogP contribution in [0.3, 0.4) is 0 Å². The van der Waals surface area contributed by atoms with Crippen LogP contribution in [-0.2, 0) is 6.54 Å². The molecule has 0 aliphatic heterocycles. The number of phenols is 1. The summed E-state index contributed by atoms with van der Waals surface area (Å²) in [6.45, 7) is 4.38. The second-order valence-corrected chi connectivity index (χ2v) is 8.29. The predicted octanol–water partition coefficient (Wildman–Crippen LogP) is 3.63. The van der Waals surface area contributed by atoms with Crippen molar-refractivity contribution >= 4 is 27.4 Å². The van der Waals surface area contributed by atoms with Gasteiger partial charge in [0.25, 0.3) is 5.69 Å². The number of rotatable bonds is 5. The van der Waals surface area contributed by atoms with E-state index < -0.39 is 5.95 Å². The predicted molar refractivity (Wildman–Crippen MR) is 119 cm³/mol. The average Bonchev–Trinajstić information content (AvgIpc) is 3.41. The minimum absolute atomic E-state index is 0.140. The molecule has 0 spiro atoms. The molecule has 0 atom stereocenters. The SMILES string of the molecule is Cc1ccc(-[n+]2noc([O-])c2-c2csc(NCc3ccc4cccnc4c3O)n2)cc1C. The standard InChI is InChI=1S/C23H19N5O3S/c1-13-5-8-17(10-14(13)2)28-20(22(30)31-27-28)18-12-32-23(26-18)25-11-16-7-6-15-4-3-9-24-19(15)21(16)29/h3-10,12H,11H2,1-2H3,(H2-,25,26,27,29,30). The van der Waals surface area contributed by atoms with Gasteiger partial charge in [0.1, 0.15) is 11.3 Å². The number of anilines is 1. The van der Waals surface area contributed by atoms with Gasteiger partial charge in [0.15, 0.2) is 16.8 Å². The van der Waals surface area contributed by atoms with Crippen molar-refractivity contribution in [2.75, 3.05) is 5.32 Å². The first-order valence-corrected chi connectivity index (χ1v) is 10.8. The number of hydrogen-bond acceptors (Lipinski definition) is 8. The van der Waals surface area contributed by atoms with Gasteiger partial charge in [0.2, 0.25) is 5.69 Å². The number of nitrogens with zero attached hydrogens (tertiary/aromatic N) is 4. The molecule has 3 aromatic heterocycles. The zero-order chi connectivity index (χ0) is 22.2. The van der Waals surface area contributed by atoms with E-state index in [0.29, 0.717) is 28.5 Å². The van der Waals surface area contributed by atoms with Crippen LogP contribution in [0, 0.1) is 13.8 Å². The van der Waals surface area contributed by atoms with E-state index in [2.05, 4.69) is 20.6 Å². The molecule has 5 aromatic rings.